The lowest BCUT2D eigenvalue weighted by molar-refractivity contribution is -0.137. The van der Waals surface area contributed by atoms with E-state index in [-0.39, 0.29) is 16.5 Å². The number of aromatic nitrogens is 2. The summed E-state index contributed by atoms with van der Waals surface area (Å²) in [7, 11) is 0. The van der Waals surface area contributed by atoms with Gasteiger partial charge in [0.15, 0.2) is 8.29 Å². The molecule has 0 aliphatic rings. The molecular formula is C17H10ClF4N3OS3. The number of carbonyl (C=O) groups excluding carboxylic acids is 1. The number of thioether (sulfide) groups is 1. The SMILES string of the molecule is O=C(CSc1nn(-c2ccc(F)cc2)c(=S)s1)Nc1cc(C(F)(F)F)ccc1Cl. The van der Waals surface area contributed by atoms with E-state index in [0.717, 1.165) is 41.3 Å². The summed E-state index contributed by atoms with van der Waals surface area (Å²) in [5.74, 6) is -1.06. The minimum Gasteiger partial charge on any atom is -0.324 e. The molecule has 1 amide bonds. The van der Waals surface area contributed by atoms with E-state index in [9.17, 15) is 22.4 Å². The Morgan fingerprint density at radius 2 is 1.93 bits per heavy atom. The molecule has 4 nitrogen and oxygen atoms in total. The second kappa shape index (κ2) is 8.82. The Morgan fingerprint density at radius 1 is 1.24 bits per heavy atom. The van der Waals surface area contributed by atoms with Gasteiger partial charge in [0.1, 0.15) is 5.82 Å². The van der Waals surface area contributed by atoms with Crippen molar-refractivity contribution in [3.8, 4) is 5.69 Å². The van der Waals surface area contributed by atoms with Crippen LogP contribution in [0.1, 0.15) is 5.56 Å². The molecule has 0 radical (unpaired) electrons. The Morgan fingerprint density at radius 3 is 2.59 bits per heavy atom. The zero-order valence-electron chi connectivity index (χ0n) is 14.2. The van der Waals surface area contributed by atoms with E-state index in [1.807, 2.05) is 0 Å². The van der Waals surface area contributed by atoms with Crippen molar-refractivity contribution in [1.82, 2.24) is 9.78 Å². The quantitative estimate of drug-likeness (QED) is 0.269. The van der Waals surface area contributed by atoms with Gasteiger partial charge in [0, 0.05) is 0 Å². The van der Waals surface area contributed by atoms with Gasteiger partial charge in [-0.15, -0.1) is 5.10 Å². The third-order valence-electron chi connectivity index (χ3n) is 3.49. The number of nitrogens with zero attached hydrogens (tertiary/aromatic N) is 2. The Kier molecular flexibility index (Phi) is 6.62. The maximum Gasteiger partial charge on any atom is 0.416 e. The predicted octanol–water partition coefficient (Wildman–Crippen LogP) is 6.21. The molecule has 0 aliphatic heterocycles. The van der Waals surface area contributed by atoms with Gasteiger partial charge < -0.3 is 5.32 Å². The van der Waals surface area contributed by atoms with Crippen LogP contribution < -0.4 is 5.32 Å². The number of anilines is 1. The van der Waals surface area contributed by atoms with Crippen molar-refractivity contribution < 1.29 is 22.4 Å². The van der Waals surface area contributed by atoms with Crippen LogP contribution in [-0.2, 0) is 11.0 Å². The summed E-state index contributed by atoms with van der Waals surface area (Å²) in [6.45, 7) is 0. The molecule has 29 heavy (non-hydrogen) atoms. The molecule has 12 heteroatoms. The zero-order chi connectivity index (χ0) is 21.2. The van der Waals surface area contributed by atoms with Crippen molar-refractivity contribution in [2.45, 2.75) is 10.5 Å². The molecule has 0 bridgehead atoms. The average molecular weight is 480 g/mol. The number of rotatable bonds is 5. The highest BCUT2D eigenvalue weighted by molar-refractivity contribution is 8.01. The molecule has 152 valence electrons. The van der Waals surface area contributed by atoms with Crippen molar-refractivity contribution >= 4 is 58.5 Å². The lowest BCUT2D eigenvalue weighted by atomic mass is 10.2. The van der Waals surface area contributed by atoms with E-state index in [0.29, 0.717) is 14.0 Å². The van der Waals surface area contributed by atoms with Gasteiger partial charge >= 0.3 is 6.18 Å². The first-order chi connectivity index (χ1) is 13.6. The first kappa shape index (κ1) is 21.8. The van der Waals surface area contributed by atoms with Crippen LogP contribution in [0.3, 0.4) is 0 Å². The third-order valence-corrected chi connectivity index (χ3v) is 6.19. The van der Waals surface area contributed by atoms with Crippen molar-refractivity contribution in [1.29, 1.82) is 0 Å². The number of amides is 1. The second-order valence-corrected chi connectivity index (χ2v) is 8.80. The first-order valence-electron chi connectivity index (χ1n) is 7.79. The van der Waals surface area contributed by atoms with Crippen LogP contribution in [0.5, 0.6) is 0 Å². The number of hydrogen-bond donors (Lipinski definition) is 1. The normalized spacial score (nSPS) is 11.5. The fraction of sp³-hybridized carbons (Fsp3) is 0.118. The van der Waals surface area contributed by atoms with Gasteiger partial charge in [0.25, 0.3) is 0 Å². The highest BCUT2D eigenvalue weighted by Gasteiger charge is 2.31. The molecule has 1 N–H and O–H groups in total. The van der Waals surface area contributed by atoms with Crippen LogP contribution >= 0.6 is 46.9 Å². The minimum atomic E-state index is -4.55. The van der Waals surface area contributed by atoms with Gasteiger partial charge in [-0.2, -0.15) is 13.2 Å². The number of carbonyl (C=O) groups is 1. The summed E-state index contributed by atoms with van der Waals surface area (Å²) in [5.41, 5.74) is -0.475. The molecule has 0 unspecified atom stereocenters. The standard InChI is InChI=1S/C17H10ClF4N3OS3/c18-12-6-1-9(17(20,21)22)7-13(12)23-14(26)8-28-15-24-25(16(27)29-15)11-4-2-10(19)3-5-11/h1-7H,8H2,(H,23,26). The molecule has 1 heterocycles. The number of hydrogen-bond acceptors (Lipinski definition) is 5. The van der Waals surface area contributed by atoms with Crippen molar-refractivity contribution in [2.24, 2.45) is 0 Å². The molecule has 3 rings (SSSR count). The summed E-state index contributed by atoms with van der Waals surface area (Å²) < 4.78 is 53.8. The molecular weight excluding hydrogens is 470 g/mol. The van der Waals surface area contributed by atoms with Crippen LogP contribution in [0.15, 0.2) is 46.8 Å². The minimum absolute atomic E-state index is 0.00686. The van der Waals surface area contributed by atoms with Gasteiger partial charge in [-0.3, -0.25) is 4.79 Å². The Balaban J connectivity index is 1.67. The molecule has 0 saturated carbocycles. The van der Waals surface area contributed by atoms with E-state index in [4.69, 9.17) is 23.8 Å². The lowest BCUT2D eigenvalue weighted by Crippen LogP contribution is -2.15. The summed E-state index contributed by atoms with van der Waals surface area (Å²) >= 11 is 13.3. The molecule has 3 aromatic rings. The van der Waals surface area contributed by atoms with E-state index >= 15 is 0 Å². The Bertz CT molecular complexity index is 1100. The number of halogens is 5. The fourth-order valence-electron chi connectivity index (χ4n) is 2.18. The summed E-state index contributed by atoms with van der Waals surface area (Å²) in [4.78, 5) is 12.1. The molecule has 0 aliphatic carbocycles. The molecule has 0 spiro atoms. The van der Waals surface area contributed by atoms with Crippen molar-refractivity contribution in [2.75, 3.05) is 11.1 Å². The van der Waals surface area contributed by atoms with E-state index in [2.05, 4.69) is 10.4 Å². The number of benzene rings is 2. The van der Waals surface area contributed by atoms with Crippen LogP contribution in [-0.4, -0.2) is 21.4 Å². The number of alkyl halides is 3. The lowest BCUT2D eigenvalue weighted by Gasteiger charge is -2.11. The van der Waals surface area contributed by atoms with Gasteiger partial charge in [-0.05, 0) is 54.7 Å². The van der Waals surface area contributed by atoms with Crippen LogP contribution in [0, 0.1) is 9.77 Å². The Labute approximate surface area is 180 Å². The summed E-state index contributed by atoms with van der Waals surface area (Å²) in [6.07, 6.45) is -4.55. The Hall–Kier alpha value is -1.95. The van der Waals surface area contributed by atoms with Gasteiger partial charge in [0.2, 0.25) is 5.91 Å². The predicted molar refractivity (Wildman–Crippen MR) is 108 cm³/mol. The van der Waals surface area contributed by atoms with Gasteiger partial charge in [0.05, 0.1) is 27.7 Å². The highest BCUT2D eigenvalue weighted by atomic mass is 35.5. The van der Waals surface area contributed by atoms with Crippen molar-refractivity contribution in [3.05, 3.63) is 62.8 Å². The van der Waals surface area contributed by atoms with Crippen LogP contribution in [0.4, 0.5) is 23.2 Å². The smallest absolute Gasteiger partial charge is 0.324 e. The molecule has 0 fully saturated rings. The first-order valence-corrected chi connectivity index (χ1v) is 10.4. The van der Waals surface area contributed by atoms with Gasteiger partial charge in [-0.25, -0.2) is 9.07 Å². The molecule has 0 saturated heterocycles. The zero-order valence-corrected chi connectivity index (χ0v) is 17.4. The third kappa shape index (κ3) is 5.56. The van der Waals surface area contributed by atoms with Crippen LogP contribution in [0.25, 0.3) is 5.69 Å². The maximum absolute atomic E-state index is 13.0. The van der Waals surface area contributed by atoms with Crippen LogP contribution in [0.2, 0.25) is 5.02 Å². The highest BCUT2D eigenvalue weighted by Crippen LogP contribution is 2.34. The summed E-state index contributed by atoms with van der Waals surface area (Å²) in [5, 5.41) is 6.63. The molecule has 1 aromatic heterocycles. The largest absolute Gasteiger partial charge is 0.416 e. The van der Waals surface area contributed by atoms with E-state index in [1.54, 1.807) is 0 Å². The van der Waals surface area contributed by atoms with E-state index in [1.165, 1.54) is 28.9 Å². The van der Waals surface area contributed by atoms with Crippen molar-refractivity contribution in [3.63, 3.8) is 0 Å². The molecule has 2 aromatic carbocycles. The fourth-order valence-corrected chi connectivity index (χ4v) is 4.50. The second-order valence-electron chi connectivity index (χ2n) is 5.55. The topological polar surface area (TPSA) is 46.9 Å². The average Bonchev–Trinajstić information content (AvgIpc) is 3.02. The number of nitrogens with one attached hydrogen (secondary N) is 1. The monoisotopic (exact) mass is 479 g/mol. The van der Waals surface area contributed by atoms with Gasteiger partial charge in [-0.1, -0.05) is 34.7 Å². The summed E-state index contributed by atoms with van der Waals surface area (Å²) in [6, 6.07) is 8.26. The molecule has 0 atom stereocenters. The maximum atomic E-state index is 13.0. The van der Waals surface area contributed by atoms with E-state index < -0.39 is 23.5 Å².